The quantitative estimate of drug-likeness (QED) is 0.648. The molecule has 1 rings (SSSR count). The van der Waals surface area contributed by atoms with E-state index in [4.69, 9.17) is 0 Å². The van der Waals surface area contributed by atoms with Gasteiger partial charge in [-0.1, -0.05) is 11.6 Å². The van der Waals surface area contributed by atoms with Crippen molar-refractivity contribution in [3.05, 3.63) is 35.1 Å². The third-order valence-corrected chi connectivity index (χ3v) is 1.85. The van der Waals surface area contributed by atoms with E-state index in [1.807, 2.05) is 0 Å². The van der Waals surface area contributed by atoms with Crippen LogP contribution in [0.25, 0.3) is 0 Å². The van der Waals surface area contributed by atoms with Gasteiger partial charge in [0.25, 0.3) is 0 Å². The molecule has 1 N–H and O–H groups in total. The van der Waals surface area contributed by atoms with Gasteiger partial charge in [-0.2, -0.15) is 0 Å². The molecule has 72 valence electrons. The maximum atomic E-state index is 3.44. The summed E-state index contributed by atoms with van der Waals surface area (Å²) >= 11 is 0. The molecule has 0 fully saturated rings. The van der Waals surface area contributed by atoms with E-state index in [2.05, 4.69) is 58.2 Å². The van der Waals surface area contributed by atoms with E-state index in [0.717, 1.165) is 0 Å². The zero-order valence-electron chi connectivity index (χ0n) is 9.23. The van der Waals surface area contributed by atoms with Crippen molar-refractivity contribution in [1.29, 1.82) is 0 Å². The normalized spacial score (nSPS) is 16.1. The molecule has 0 aromatic heterocycles. The molecular formula is C12H19N. The zero-order valence-corrected chi connectivity index (χ0v) is 9.23. The van der Waals surface area contributed by atoms with Gasteiger partial charge in [-0.25, -0.2) is 0 Å². The molecule has 0 radical (unpaired) electrons. The lowest BCUT2D eigenvalue weighted by molar-refractivity contribution is 0.480. The van der Waals surface area contributed by atoms with Crippen LogP contribution in [0, 0.1) is 0 Å². The standard InChI is InChI=1S/C12H19N/c1-9(2)10-6-7-11(8-10)13-12(3,4)5/h6-8,13H,1-5H3. The van der Waals surface area contributed by atoms with Crippen LogP contribution in [0.3, 0.4) is 0 Å². The summed E-state index contributed by atoms with van der Waals surface area (Å²) in [7, 11) is 0. The summed E-state index contributed by atoms with van der Waals surface area (Å²) in [5.74, 6) is 0. The second-order valence-electron chi connectivity index (χ2n) is 4.76. The van der Waals surface area contributed by atoms with Crippen LogP contribution >= 0.6 is 0 Å². The molecule has 0 aromatic carbocycles. The van der Waals surface area contributed by atoms with E-state index in [-0.39, 0.29) is 5.54 Å². The fourth-order valence-electron chi connectivity index (χ4n) is 1.27. The molecule has 0 aromatic rings. The zero-order chi connectivity index (χ0) is 10.1. The van der Waals surface area contributed by atoms with Crippen molar-refractivity contribution in [2.45, 2.75) is 40.2 Å². The van der Waals surface area contributed by atoms with Crippen LogP contribution in [0.4, 0.5) is 0 Å². The maximum Gasteiger partial charge on any atom is 0.0350 e. The monoisotopic (exact) mass is 177 g/mol. The summed E-state index contributed by atoms with van der Waals surface area (Å²) in [6.07, 6.45) is 6.48. The molecule has 0 amide bonds. The largest absolute Gasteiger partial charge is 0.380 e. The van der Waals surface area contributed by atoms with Gasteiger partial charge in [0, 0.05) is 11.2 Å². The Labute approximate surface area is 81.2 Å². The highest BCUT2D eigenvalue weighted by Gasteiger charge is 2.11. The van der Waals surface area contributed by atoms with E-state index < -0.39 is 0 Å². The highest BCUT2D eigenvalue weighted by Crippen LogP contribution is 2.18. The van der Waals surface area contributed by atoms with E-state index in [1.165, 1.54) is 16.8 Å². The van der Waals surface area contributed by atoms with Crippen molar-refractivity contribution in [3.8, 4) is 0 Å². The molecule has 1 nitrogen and oxygen atoms in total. The molecule has 0 aliphatic heterocycles. The van der Waals surface area contributed by atoms with Crippen molar-refractivity contribution >= 4 is 0 Å². The number of rotatable bonds is 1. The number of hydrogen-bond acceptors (Lipinski definition) is 1. The molecule has 0 bridgehead atoms. The fraction of sp³-hybridized carbons (Fsp3) is 0.500. The van der Waals surface area contributed by atoms with Gasteiger partial charge in [-0.3, -0.25) is 0 Å². The highest BCUT2D eigenvalue weighted by molar-refractivity contribution is 5.47. The number of hydrogen-bond donors (Lipinski definition) is 1. The molecule has 0 atom stereocenters. The topological polar surface area (TPSA) is 12.0 Å². The maximum absolute atomic E-state index is 3.44. The van der Waals surface area contributed by atoms with Crippen LogP contribution in [-0.2, 0) is 0 Å². The fourth-order valence-corrected chi connectivity index (χ4v) is 1.27. The lowest BCUT2D eigenvalue weighted by atomic mass is 10.1. The molecule has 0 unspecified atom stereocenters. The minimum atomic E-state index is 0.146. The van der Waals surface area contributed by atoms with Crippen molar-refractivity contribution in [2.75, 3.05) is 0 Å². The van der Waals surface area contributed by atoms with Crippen LogP contribution < -0.4 is 5.32 Å². The summed E-state index contributed by atoms with van der Waals surface area (Å²) in [4.78, 5) is 0. The van der Waals surface area contributed by atoms with Crippen molar-refractivity contribution in [3.63, 3.8) is 0 Å². The molecule has 0 spiro atoms. The predicted molar refractivity (Wildman–Crippen MR) is 58.5 cm³/mol. The van der Waals surface area contributed by atoms with Gasteiger partial charge in [0.1, 0.15) is 0 Å². The Morgan fingerprint density at radius 3 is 2.15 bits per heavy atom. The Kier molecular flexibility index (Phi) is 2.65. The van der Waals surface area contributed by atoms with Crippen molar-refractivity contribution in [1.82, 2.24) is 5.32 Å². The lowest BCUT2D eigenvalue weighted by Crippen LogP contribution is -2.34. The molecule has 0 saturated heterocycles. The van der Waals surface area contributed by atoms with Crippen LogP contribution in [-0.4, -0.2) is 5.54 Å². The summed E-state index contributed by atoms with van der Waals surface area (Å²) < 4.78 is 0. The molecule has 13 heavy (non-hydrogen) atoms. The van der Waals surface area contributed by atoms with Gasteiger partial charge >= 0.3 is 0 Å². The summed E-state index contributed by atoms with van der Waals surface area (Å²) in [6, 6.07) is 0. The van der Waals surface area contributed by atoms with E-state index >= 15 is 0 Å². The highest BCUT2D eigenvalue weighted by atomic mass is 15.0. The van der Waals surface area contributed by atoms with Gasteiger partial charge in [0.05, 0.1) is 0 Å². The molecular weight excluding hydrogens is 158 g/mol. The van der Waals surface area contributed by atoms with E-state index in [9.17, 15) is 0 Å². The first kappa shape index (κ1) is 10.1. The Morgan fingerprint density at radius 2 is 1.77 bits per heavy atom. The first-order chi connectivity index (χ1) is 5.88. The van der Waals surface area contributed by atoms with Gasteiger partial charge in [-0.05, 0) is 52.3 Å². The smallest absolute Gasteiger partial charge is 0.0350 e. The molecule has 1 heteroatoms. The Hall–Kier alpha value is -0.980. The SMILES string of the molecule is CC(C)=C1C=CC(NC(C)(C)C)=C1. The van der Waals surface area contributed by atoms with E-state index in [0.29, 0.717) is 0 Å². The lowest BCUT2D eigenvalue weighted by Gasteiger charge is -2.21. The van der Waals surface area contributed by atoms with Gasteiger partial charge in [0.2, 0.25) is 0 Å². The third kappa shape index (κ3) is 3.10. The number of allylic oxidation sites excluding steroid dienone is 5. The van der Waals surface area contributed by atoms with Crippen molar-refractivity contribution < 1.29 is 0 Å². The van der Waals surface area contributed by atoms with Crippen LogP contribution in [0.15, 0.2) is 35.1 Å². The first-order valence-electron chi connectivity index (χ1n) is 4.74. The summed E-state index contributed by atoms with van der Waals surface area (Å²) in [6.45, 7) is 10.8. The summed E-state index contributed by atoms with van der Waals surface area (Å²) in [5, 5.41) is 3.44. The average Bonchev–Trinajstić information content (AvgIpc) is 2.31. The molecule has 1 aliphatic carbocycles. The van der Waals surface area contributed by atoms with Crippen LogP contribution in [0.5, 0.6) is 0 Å². The summed E-state index contributed by atoms with van der Waals surface area (Å²) in [5.41, 5.74) is 4.05. The average molecular weight is 177 g/mol. The first-order valence-corrected chi connectivity index (χ1v) is 4.74. The van der Waals surface area contributed by atoms with E-state index in [1.54, 1.807) is 0 Å². The van der Waals surface area contributed by atoms with Gasteiger partial charge in [-0.15, -0.1) is 0 Å². The second kappa shape index (κ2) is 3.41. The minimum Gasteiger partial charge on any atom is -0.380 e. The molecule has 1 aliphatic rings. The second-order valence-corrected chi connectivity index (χ2v) is 4.76. The predicted octanol–water partition coefficient (Wildman–Crippen LogP) is 3.16. The Balaban J connectivity index is 2.74. The van der Waals surface area contributed by atoms with Crippen molar-refractivity contribution in [2.24, 2.45) is 0 Å². The van der Waals surface area contributed by atoms with Gasteiger partial charge < -0.3 is 5.32 Å². The third-order valence-electron chi connectivity index (χ3n) is 1.85. The number of nitrogens with one attached hydrogen (secondary N) is 1. The molecule has 0 heterocycles. The van der Waals surface area contributed by atoms with Crippen LogP contribution in [0.1, 0.15) is 34.6 Å². The Morgan fingerprint density at radius 1 is 1.15 bits per heavy atom. The van der Waals surface area contributed by atoms with Crippen LogP contribution in [0.2, 0.25) is 0 Å². The van der Waals surface area contributed by atoms with Gasteiger partial charge in [0.15, 0.2) is 0 Å². The minimum absolute atomic E-state index is 0.146. The Bertz CT molecular complexity index is 281. The molecule has 0 saturated carbocycles.